The third-order valence-electron chi connectivity index (χ3n) is 6.10. The van der Waals surface area contributed by atoms with Crippen molar-refractivity contribution in [2.45, 2.75) is 116 Å². The number of carboxylic acid groups (broad SMARTS) is 1. The fourth-order valence-electron chi connectivity index (χ4n) is 3.89. The van der Waals surface area contributed by atoms with Gasteiger partial charge in [0.25, 0.3) is 0 Å². The molecule has 5 heteroatoms. The maximum atomic E-state index is 10.8. The largest absolute Gasteiger partial charge is 0.542 e. The summed E-state index contributed by atoms with van der Waals surface area (Å²) in [5.41, 5.74) is 0. The highest BCUT2D eigenvalue weighted by atomic mass is 16.4. The molecule has 0 bridgehead atoms. The average Bonchev–Trinajstić information content (AvgIpc) is 2.68. The van der Waals surface area contributed by atoms with Crippen LogP contribution in [0.1, 0.15) is 110 Å². The summed E-state index contributed by atoms with van der Waals surface area (Å²) < 4.78 is 0.0440. The number of aliphatic hydroxyl groups excluding tert-OH is 1. The molecular weight excluding hydrogens is 376 g/mol. The summed E-state index contributed by atoms with van der Waals surface area (Å²) in [5.74, 6) is -0.537. The van der Waals surface area contributed by atoms with Crippen LogP contribution in [-0.4, -0.2) is 55.5 Å². The van der Waals surface area contributed by atoms with Crippen LogP contribution in [0, 0.1) is 5.92 Å². The number of carboxylic acids is 1. The Morgan fingerprint density at radius 3 is 1.60 bits per heavy atom. The summed E-state index contributed by atoms with van der Waals surface area (Å²) in [7, 11) is 3.44. The Balaban J connectivity index is 3.24. The predicted molar refractivity (Wildman–Crippen MR) is 125 cm³/mol. The molecule has 0 aromatic carbocycles. The van der Waals surface area contributed by atoms with E-state index in [9.17, 15) is 15.0 Å². The molecule has 1 unspecified atom stereocenters. The van der Waals surface area contributed by atoms with Crippen LogP contribution < -0.4 is 10.4 Å². The van der Waals surface area contributed by atoms with Gasteiger partial charge in [-0.15, -0.1) is 0 Å². The number of hydrogen-bond acceptors (Lipinski definition) is 4. The molecule has 2 N–H and O–H groups in total. The molecule has 0 radical (unpaired) electrons. The average molecular weight is 429 g/mol. The van der Waals surface area contributed by atoms with Crippen LogP contribution in [0.4, 0.5) is 0 Å². The van der Waals surface area contributed by atoms with Crippen molar-refractivity contribution in [1.82, 2.24) is 5.32 Å². The summed E-state index contributed by atoms with van der Waals surface area (Å²) in [6.07, 6.45) is 18.7. The number of hydrogen-bond donors (Lipinski definition) is 2. The molecule has 0 rings (SSSR count). The van der Waals surface area contributed by atoms with Gasteiger partial charge in [-0.25, -0.2) is 0 Å². The standard InChI is InChI=1S/C25H52N2O3/c1-23(2)19-16-14-12-10-8-6-5-7-9-11-13-15-17-20-26-21-18-22-27(3,4)24(28)25(29)30/h23-24,26,28H,5-22H2,1-4H3. The third kappa shape index (κ3) is 18.1. The van der Waals surface area contributed by atoms with Crippen molar-refractivity contribution in [3.8, 4) is 0 Å². The van der Waals surface area contributed by atoms with Crippen molar-refractivity contribution in [3.63, 3.8) is 0 Å². The van der Waals surface area contributed by atoms with Gasteiger partial charge in [0, 0.05) is 13.0 Å². The smallest absolute Gasteiger partial charge is 0.231 e. The molecule has 0 aromatic rings. The highest BCUT2D eigenvalue weighted by Crippen LogP contribution is 2.14. The van der Waals surface area contributed by atoms with E-state index in [-0.39, 0.29) is 4.48 Å². The van der Waals surface area contributed by atoms with E-state index >= 15 is 0 Å². The molecule has 0 aliphatic carbocycles. The molecule has 0 saturated carbocycles. The minimum atomic E-state index is -1.45. The minimum absolute atomic E-state index is 0.0440. The van der Waals surface area contributed by atoms with Crippen molar-refractivity contribution in [2.24, 2.45) is 5.92 Å². The Hall–Kier alpha value is -0.650. The number of carbonyl (C=O) groups is 1. The summed E-state index contributed by atoms with van der Waals surface area (Å²) in [6.45, 7) is 7.13. The first-order valence-corrected chi connectivity index (χ1v) is 12.7. The van der Waals surface area contributed by atoms with Gasteiger partial charge in [0.05, 0.1) is 20.6 Å². The van der Waals surface area contributed by atoms with E-state index in [0.29, 0.717) is 6.54 Å². The van der Waals surface area contributed by atoms with Crippen LogP contribution in [0.3, 0.4) is 0 Å². The summed E-state index contributed by atoms with van der Waals surface area (Å²) in [5, 5.41) is 23.8. The van der Waals surface area contributed by atoms with E-state index < -0.39 is 12.2 Å². The maximum Gasteiger partial charge on any atom is 0.231 e. The van der Waals surface area contributed by atoms with E-state index in [0.717, 1.165) is 25.4 Å². The normalized spacial score (nSPS) is 13.1. The van der Waals surface area contributed by atoms with Gasteiger partial charge in [-0.2, -0.15) is 0 Å². The van der Waals surface area contributed by atoms with Gasteiger partial charge in [-0.1, -0.05) is 97.3 Å². The Labute approximate surface area is 187 Å². The fraction of sp³-hybridized carbons (Fsp3) is 0.960. The SMILES string of the molecule is CC(C)CCCCCCCCCCCCCCCNCCC[N+](C)(C)C(O)C(=O)[O-]. The predicted octanol–water partition coefficient (Wildman–Crippen LogP) is 4.23. The lowest BCUT2D eigenvalue weighted by Gasteiger charge is -2.34. The van der Waals surface area contributed by atoms with E-state index in [4.69, 9.17) is 0 Å². The number of carbonyl (C=O) groups excluding carboxylic acids is 1. The van der Waals surface area contributed by atoms with Crippen LogP contribution in [0.15, 0.2) is 0 Å². The molecule has 0 fully saturated rings. The molecule has 0 aromatic heterocycles. The first kappa shape index (κ1) is 29.4. The molecule has 0 aliphatic rings. The van der Waals surface area contributed by atoms with E-state index in [2.05, 4.69) is 19.2 Å². The third-order valence-corrected chi connectivity index (χ3v) is 6.10. The molecule has 0 amide bonds. The van der Waals surface area contributed by atoms with Gasteiger partial charge >= 0.3 is 0 Å². The molecule has 1 atom stereocenters. The molecule has 0 aliphatic heterocycles. The monoisotopic (exact) mass is 428 g/mol. The molecule has 0 saturated heterocycles. The number of likely N-dealkylation sites (N-methyl/N-ethyl adjacent to an activating group) is 1. The second kappa shape index (κ2) is 19.1. The molecule has 30 heavy (non-hydrogen) atoms. The first-order chi connectivity index (χ1) is 14.3. The molecule has 180 valence electrons. The van der Waals surface area contributed by atoms with Crippen molar-refractivity contribution >= 4 is 5.97 Å². The quantitative estimate of drug-likeness (QED) is 0.154. The number of quaternary nitrogens is 1. The summed E-state index contributed by atoms with van der Waals surface area (Å²) >= 11 is 0. The number of rotatable bonds is 22. The van der Waals surface area contributed by atoms with Gasteiger partial charge in [-0.3, -0.25) is 4.48 Å². The second-order valence-electron chi connectivity index (χ2n) is 10.1. The van der Waals surface area contributed by atoms with Gasteiger partial charge < -0.3 is 20.3 Å². The lowest BCUT2D eigenvalue weighted by Crippen LogP contribution is -2.57. The number of unbranched alkanes of at least 4 members (excludes halogenated alkanes) is 12. The van der Waals surface area contributed by atoms with Crippen LogP contribution >= 0.6 is 0 Å². The Morgan fingerprint density at radius 1 is 0.767 bits per heavy atom. The Kier molecular flexibility index (Phi) is 18.7. The lowest BCUT2D eigenvalue weighted by molar-refractivity contribution is -0.929. The fourth-order valence-corrected chi connectivity index (χ4v) is 3.89. The number of nitrogens with zero attached hydrogens (tertiary/aromatic N) is 1. The van der Waals surface area contributed by atoms with Gasteiger partial charge in [0.2, 0.25) is 6.23 Å². The highest BCUT2D eigenvalue weighted by Gasteiger charge is 2.26. The maximum absolute atomic E-state index is 10.8. The number of nitrogens with one attached hydrogen (secondary N) is 1. The topological polar surface area (TPSA) is 72.4 Å². The van der Waals surface area contributed by atoms with Crippen LogP contribution in [-0.2, 0) is 4.79 Å². The van der Waals surface area contributed by atoms with E-state index in [1.807, 2.05) is 0 Å². The Bertz CT molecular complexity index is 400. The minimum Gasteiger partial charge on any atom is -0.542 e. The van der Waals surface area contributed by atoms with Gasteiger partial charge in [0.15, 0.2) is 0 Å². The molecule has 0 heterocycles. The second-order valence-corrected chi connectivity index (χ2v) is 10.1. The number of aliphatic carboxylic acids is 1. The van der Waals surface area contributed by atoms with Crippen LogP contribution in [0.2, 0.25) is 0 Å². The van der Waals surface area contributed by atoms with Crippen molar-refractivity contribution in [3.05, 3.63) is 0 Å². The molecular formula is C25H52N2O3. The highest BCUT2D eigenvalue weighted by molar-refractivity contribution is 5.67. The van der Waals surface area contributed by atoms with Crippen LogP contribution in [0.5, 0.6) is 0 Å². The number of aliphatic hydroxyl groups is 1. The van der Waals surface area contributed by atoms with Crippen molar-refractivity contribution in [2.75, 3.05) is 33.7 Å². The zero-order valence-electron chi connectivity index (χ0n) is 20.6. The molecule has 0 spiro atoms. The Morgan fingerprint density at radius 2 is 1.17 bits per heavy atom. The van der Waals surface area contributed by atoms with Gasteiger partial charge in [-0.05, 0) is 18.9 Å². The van der Waals surface area contributed by atoms with Gasteiger partial charge in [0.1, 0.15) is 5.97 Å². The van der Waals surface area contributed by atoms with E-state index in [1.165, 1.54) is 89.9 Å². The van der Waals surface area contributed by atoms with E-state index in [1.54, 1.807) is 14.1 Å². The summed E-state index contributed by atoms with van der Waals surface area (Å²) in [6, 6.07) is 0. The zero-order chi connectivity index (χ0) is 22.7. The lowest BCUT2D eigenvalue weighted by atomic mass is 10.0. The molecule has 5 nitrogen and oxygen atoms in total. The van der Waals surface area contributed by atoms with Crippen molar-refractivity contribution < 1.29 is 19.5 Å². The van der Waals surface area contributed by atoms with Crippen LogP contribution in [0.25, 0.3) is 0 Å². The van der Waals surface area contributed by atoms with Crippen molar-refractivity contribution in [1.29, 1.82) is 0 Å². The first-order valence-electron chi connectivity index (χ1n) is 12.7. The summed E-state index contributed by atoms with van der Waals surface area (Å²) in [4.78, 5) is 10.8. The zero-order valence-corrected chi connectivity index (χ0v) is 20.6.